The van der Waals surface area contributed by atoms with Gasteiger partial charge in [-0.15, -0.1) is 6.54 Å². The second kappa shape index (κ2) is 14.4. The normalized spacial score (nSPS) is 12.6. The van der Waals surface area contributed by atoms with E-state index in [1.807, 2.05) is 0 Å². The maximum Gasteiger partial charge on any atom is 0.216 e. The summed E-state index contributed by atoms with van der Waals surface area (Å²) in [6, 6.07) is 0. The maximum atomic E-state index is 13.9. The quantitative estimate of drug-likeness (QED) is 0.480. The zero-order valence-electron chi connectivity index (χ0n) is 14.0. The summed E-state index contributed by atoms with van der Waals surface area (Å²) in [5.41, 5.74) is -0.927. The van der Waals surface area contributed by atoms with Crippen molar-refractivity contribution in [1.82, 2.24) is 10.6 Å². The molecule has 1 amide bonds. The number of alkyl halides is 1. The van der Waals surface area contributed by atoms with E-state index in [4.69, 9.17) is 9.47 Å². The number of hydrogen-bond donors (Lipinski definition) is 2. The minimum atomic E-state index is -1.25. The molecule has 6 nitrogen and oxygen atoms in total. The van der Waals surface area contributed by atoms with Crippen LogP contribution in [0.4, 0.5) is 4.39 Å². The summed E-state index contributed by atoms with van der Waals surface area (Å²) in [7, 11) is 1.75. The van der Waals surface area contributed by atoms with Gasteiger partial charge in [0.05, 0.1) is 25.4 Å². The Morgan fingerprint density at radius 2 is 1.91 bits per heavy atom. The molecule has 0 saturated carbocycles. The van der Waals surface area contributed by atoms with Gasteiger partial charge < -0.3 is 25.4 Å². The van der Waals surface area contributed by atoms with E-state index in [9.17, 15) is 9.18 Å². The number of amides is 1. The van der Waals surface area contributed by atoms with E-state index < -0.39 is 11.8 Å². The Morgan fingerprint density at radius 3 is 2.50 bits per heavy atom. The van der Waals surface area contributed by atoms with Crippen LogP contribution >= 0.6 is 0 Å². The number of carbonyl (C=O) groups is 1. The third-order valence-corrected chi connectivity index (χ3v) is 2.92. The van der Waals surface area contributed by atoms with E-state index in [2.05, 4.69) is 16.0 Å². The largest absolute Gasteiger partial charge is 0.663 e. The molecular formula is C14H29FN3O3V-. The third kappa shape index (κ3) is 13.5. The molecule has 0 spiro atoms. The van der Waals surface area contributed by atoms with Crippen molar-refractivity contribution in [3.05, 3.63) is 5.32 Å². The van der Waals surface area contributed by atoms with E-state index in [1.165, 1.54) is 6.92 Å². The first kappa shape index (κ1) is 24.1. The van der Waals surface area contributed by atoms with Crippen molar-refractivity contribution < 1.29 is 37.2 Å². The topological polar surface area (TPSA) is 73.7 Å². The summed E-state index contributed by atoms with van der Waals surface area (Å²) in [5.74, 6) is -0.244. The fourth-order valence-corrected chi connectivity index (χ4v) is 1.48. The average Bonchev–Trinajstić information content (AvgIpc) is 2.42. The van der Waals surface area contributed by atoms with Gasteiger partial charge in [0.1, 0.15) is 6.17 Å². The molecule has 0 aromatic heterocycles. The Hall–Kier alpha value is -0.176. The molecule has 0 aliphatic heterocycles. The van der Waals surface area contributed by atoms with Crippen LogP contribution in [0, 0.1) is 0 Å². The smallest absolute Gasteiger partial charge is 0.216 e. The molecule has 0 aliphatic carbocycles. The van der Waals surface area contributed by atoms with Crippen molar-refractivity contribution in [3.8, 4) is 0 Å². The number of nitrogens with zero attached hydrogens (tertiary/aromatic N) is 1. The van der Waals surface area contributed by atoms with E-state index >= 15 is 0 Å². The van der Waals surface area contributed by atoms with Gasteiger partial charge >= 0.3 is 0 Å². The third-order valence-electron chi connectivity index (χ3n) is 2.92. The second-order valence-electron chi connectivity index (χ2n) is 5.26. The molecule has 1 radical (unpaired) electrons. The molecule has 0 aliphatic rings. The predicted molar refractivity (Wildman–Crippen MR) is 81.4 cm³/mol. The summed E-state index contributed by atoms with van der Waals surface area (Å²) in [4.78, 5) is 10.8. The first-order valence-electron chi connectivity index (χ1n) is 7.26. The number of rotatable bonds is 13. The van der Waals surface area contributed by atoms with Crippen LogP contribution in [-0.2, 0) is 32.8 Å². The molecule has 0 fully saturated rings. The summed E-state index contributed by atoms with van der Waals surface area (Å²) >= 11 is 0. The summed E-state index contributed by atoms with van der Waals surface area (Å²) in [6.07, 6.45) is -1.25. The van der Waals surface area contributed by atoms with Gasteiger partial charge in [0.25, 0.3) is 0 Å². The average molecular weight is 357 g/mol. The zero-order chi connectivity index (χ0) is 16.1. The van der Waals surface area contributed by atoms with Crippen molar-refractivity contribution in [3.63, 3.8) is 0 Å². The fraction of sp³-hybridized carbons (Fsp3) is 0.929. The van der Waals surface area contributed by atoms with Crippen LogP contribution in [0.5, 0.6) is 0 Å². The minimum Gasteiger partial charge on any atom is -0.663 e. The monoisotopic (exact) mass is 357 g/mol. The molecule has 2 N–H and O–H groups in total. The van der Waals surface area contributed by atoms with Crippen LogP contribution < -0.4 is 10.6 Å². The van der Waals surface area contributed by atoms with Gasteiger partial charge in [-0.3, -0.25) is 4.79 Å². The minimum absolute atomic E-state index is 0. The Balaban J connectivity index is 0. The molecule has 1 unspecified atom stereocenters. The van der Waals surface area contributed by atoms with Crippen LogP contribution in [0.15, 0.2) is 0 Å². The van der Waals surface area contributed by atoms with E-state index in [0.717, 1.165) is 6.54 Å². The van der Waals surface area contributed by atoms with Crippen molar-refractivity contribution in [2.45, 2.75) is 32.5 Å². The van der Waals surface area contributed by atoms with Crippen LogP contribution in [0.25, 0.3) is 5.32 Å². The Kier molecular flexibility index (Phi) is 15.8. The molecule has 0 bridgehead atoms. The first-order valence-corrected chi connectivity index (χ1v) is 7.26. The number of nitrogens with one attached hydrogen (secondary N) is 2. The van der Waals surface area contributed by atoms with Gasteiger partial charge in [0.2, 0.25) is 5.91 Å². The van der Waals surface area contributed by atoms with Crippen LogP contribution in [0.3, 0.4) is 0 Å². The molecule has 131 valence electrons. The fourth-order valence-electron chi connectivity index (χ4n) is 1.48. The molecule has 1 atom stereocenters. The van der Waals surface area contributed by atoms with Gasteiger partial charge in [-0.05, 0) is 13.8 Å². The molecule has 0 heterocycles. The van der Waals surface area contributed by atoms with Crippen molar-refractivity contribution in [1.29, 1.82) is 0 Å². The van der Waals surface area contributed by atoms with Gasteiger partial charge in [-0.25, -0.2) is 4.39 Å². The zero-order valence-corrected chi connectivity index (χ0v) is 15.4. The summed E-state index contributed by atoms with van der Waals surface area (Å²) in [6.45, 7) is 8.39. The first-order chi connectivity index (χ1) is 9.90. The molecule has 0 aromatic carbocycles. The van der Waals surface area contributed by atoms with Crippen LogP contribution in [-0.4, -0.2) is 70.7 Å². The summed E-state index contributed by atoms with van der Waals surface area (Å²) < 4.78 is 24.7. The van der Waals surface area contributed by atoms with Gasteiger partial charge in [0.15, 0.2) is 0 Å². The predicted octanol–water partition coefficient (Wildman–Crippen LogP) is 0.863. The molecule has 22 heavy (non-hydrogen) atoms. The van der Waals surface area contributed by atoms with E-state index in [-0.39, 0.29) is 31.0 Å². The molecular weight excluding hydrogens is 328 g/mol. The SMILES string of the molecule is C[N-]CCOCCNCCOC(C)(C)C(F)CNC(C)=O.[V]. The van der Waals surface area contributed by atoms with Gasteiger partial charge in [0, 0.05) is 45.2 Å². The van der Waals surface area contributed by atoms with E-state index in [1.54, 1.807) is 20.9 Å². The van der Waals surface area contributed by atoms with Crippen molar-refractivity contribution >= 4 is 5.91 Å². The van der Waals surface area contributed by atoms with Gasteiger partial charge in [-0.1, -0.05) is 0 Å². The van der Waals surface area contributed by atoms with Crippen molar-refractivity contribution in [2.24, 2.45) is 0 Å². The van der Waals surface area contributed by atoms with Crippen molar-refractivity contribution in [2.75, 3.05) is 53.0 Å². The van der Waals surface area contributed by atoms with Crippen LogP contribution in [0.1, 0.15) is 20.8 Å². The van der Waals surface area contributed by atoms with Crippen LogP contribution in [0.2, 0.25) is 0 Å². The second-order valence-corrected chi connectivity index (χ2v) is 5.26. The van der Waals surface area contributed by atoms with E-state index in [0.29, 0.717) is 32.9 Å². The molecule has 0 aromatic rings. The number of hydrogen-bond acceptors (Lipinski definition) is 4. The number of ether oxygens (including phenoxy) is 2. The van der Waals surface area contributed by atoms with Gasteiger partial charge in [-0.2, -0.15) is 7.05 Å². The standard InChI is InChI=1S/C14H29FN3O3.V/c1-12(19)18-11-13(15)14(2,3)21-10-7-17-6-9-20-8-5-16-4;/h13,17H,5-11H2,1-4H3,(H,18,19);/q-1;. The maximum absolute atomic E-state index is 13.9. The molecule has 0 rings (SSSR count). The Bertz CT molecular complexity index is 284. The Morgan fingerprint density at radius 1 is 1.27 bits per heavy atom. The summed E-state index contributed by atoms with van der Waals surface area (Å²) in [5, 5.41) is 9.53. The molecule has 8 heteroatoms. The number of halogens is 1. The molecule has 0 saturated heterocycles. The Labute approximate surface area is 145 Å². The number of carbonyl (C=O) groups excluding carboxylic acids is 1. The number of likely N-dealkylation sites (N-methyl/N-ethyl adjacent to an activating group) is 1.